The molecule has 0 aliphatic heterocycles. The molecule has 12 heteroatoms. The smallest absolute Gasteiger partial charge is 0.329 e. The van der Waals surface area contributed by atoms with Gasteiger partial charge in [0.2, 0.25) is 11.8 Å². The van der Waals surface area contributed by atoms with Gasteiger partial charge in [0, 0.05) is 24.3 Å². The van der Waals surface area contributed by atoms with Crippen LogP contribution < -0.4 is 15.4 Å². The van der Waals surface area contributed by atoms with Crippen LogP contribution in [-0.2, 0) is 13.1 Å². The minimum absolute atomic E-state index is 0.0720. The van der Waals surface area contributed by atoms with E-state index in [0.717, 1.165) is 6.20 Å². The molecule has 0 aliphatic carbocycles. The monoisotopic (exact) mass is 435 g/mol. The van der Waals surface area contributed by atoms with E-state index < -0.39 is 4.92 Å². The molecule has 0 bridgehead atoms. The van der Waals surface area contributed by atoms with Crippen molar-refractivity contribution in [1.82, 2.24) is 29.5 Å². The van der Waals surface area contributed by atoms with Crippen LogP contribution in [0.15, 0.2) is 61.3 Å². The largest absolute Gasteiger partial charge is 0.494 e. The molecule has 0 amide bonds. The second-order valence-electron chi connectivity index (χ2n) is 6.65. The number of rotatable bonds is 10. The average Bonchev–Trinajstić information content (AvgIpc) is 3.46. The van der Waals surface area contributed by atoms with Gasteiger partial charge in [0.05, 0.1) is 36.5 Å². The van der Waals surface area contributed by atoms with Gasteiger partial charge in [0.15, 0.2) is 0 Å². The summed E-state index contributed by atoms with van der Waals surface area (Å²) in [6.45, 7) is 3.76. The first-order chi connectivity index (χ1) is 15.6. The fourth-order valence-corrected chi connectivity index (χ4v) is 2.92. The molecule has 0 saturated heterocycles. The maximum Gasteiger partial charge on any atom is 0.329 e. The standard InChI is InChI=1S/C20H21N9O3/c1-2-32-17-6-4-15(5-7-17)24-19-18(29(30)31)13-21-20(26-19)25-16-12-23-28(14-16)11-10-27-9-3-8-22-27/h3-9,12-14H,2,10-11H2,1H3,(H2,21,24,25,26). The number of hydrogen-bond acceptors (Lipinski definition) is 9. The SMILES string of the molecule is CCOc1ccc(Nc2nc(Nc3cnn(CCn4cccn4)c3)ncc2[N+](=O)[O-])cc1. The molecule has 1 aromatic carbocycles. The van der Waals surface area contributed by atoms with Crippen LogP contribution in [0, 0.1) is 10.1 Å². The molecule has 164 valence electrons. The first kappa shape index (κ1) is 20.8. The quantitative estimate of drug-likeness (QED) is 0.283. The van der Waals surface area contributed by atoms with Crippen LogP contribution in [0.1, 0.15) is 6.92 Å². The maximum atomic E-state index is 11.4. The van der Waals surface area contributed by atoms with Gasteiger partial charge in [0.25, 0.3) is 0 Å². The van der Waals surface area contributed by atoms with Gasteiger partial charge in [0.1, 0.15) is 11.9 Å². The number of nitro groups is 1. The van der Waals surface area contributed by atoms with Gasteiger partial charge in [-0.15, -0.1) is 0 Å². The van der Waals surface area contributed by atoms with Crippen molar-refractivity contribution in [2.45, 2.75) is 20.0 Å². The number of aryl methyl sites for hydroxylation is 2. The summed E-state index contributed by atoms with van der Waals surface area (Å²) in [6.07, 6.45) is 8.20. The van der Waals surface area contributed by atoms with Crippen molar-refractivity contribution in [3.63, 3.8) is 0 Å². The Morgan fingerprint density at radius 1 is 1.06 bits per heavy atom. The van der Waals surface area contributed by atoms with Gasteiger partial charge >= 0.3 is 5.69 Å². The molecule has 0 radical (unpaired) electrons. The van der Waals surface area contributed by atoms with Crippen LogP contribution in [0.25, 0.3) is 0 Å². The summed E-state index contributed by atoms with van der Waals surface area (Å²) >= 11 is 0. The van der Waals surface area contributed by atoms with Crippen LogP contribution >= 0.6 is 0 Å². The molecular weight excluding hydrogens is 414 g/mol. The third-order valence-electron chi connectivity index (χ3n) is 4.40. The van der Waals surface area contributed by atoms with Crippen LogP contribution in [0.3, 0.4) is 0 Å². The highest BCUT2D eigenvalue weighted by Crippen LogP contribution is 2.27. The summed E-state index contributed by atoms with van der Waals surface area (Å²) in [5.74, 6) is 0.987. The highest BCUT2D eigenvalue weighted by molar-refractivity contribution is 5.67. The lowest BCUT2D eigenvalue weighted by Crippen LogP contribution is -2.08. The number of nitrogens with zero attached hydrogens (tertiary/aromatic N) is 7. The molecule has 3 heterocycles. The first-order valence-corrected chi connectivity index (χ1v) is 9.89. The summed E-state index contributed by atoms with van der Waals surface area (Å²) in [5, 5.41) is 25.9. The molecule has 4 aromatic rings. The van der Waals surface area contributed by atoms with Crippen molar-refractivity contribution in [2.75, 3.05) is 17.2 Å². The molecule has 0 aliphatic rings. The normalized spacial score (nSPS) is 10.7. The Bertz CT molecular complexity index is 1170. The van der Waals surface area contributed by atoms with E-state index in [9.17, 15) is 10.1 Å². The van der Waals surface area contributed by atoms with E-state index in [1.54, 1.807) is 47.5 Å². The molecule has 0 atom stereocenters. The van der Waals surface area contributed by atoms with E-state index in [4.69, 9.17) is 4.74 Å². The Morgan fingerprint density at radius 3 is 2.59 bits per heavy atom. The van der Waals surface area contributed by atoms with Crippen molar-refractivity contribution in [3.05, 3.63) is 71.4 Å². The van der Waals surface area contributed by atoms with Crippen LogP contribution in [0.2, 0.25) is 0 Å². The summed E-state index contributed by atoms with van der Waals surface area (Å²) in [6, 6.07) is 8.92. The zero-order valence-electron chi connectivity index (χ0n) is 17.3. The van der Waals surface area contributed by atoms with Crippen LogP contribution in [0.5, 0.6) is 5.75 Å². The number of hydrogen-bond donors (Lipinski definition) is 2. The van der Waals surface area contributed by atoms with Crippen molar-refractivity contribution in [1.29, 1.82) is 0 Å². The van der Waals surface area contributed by atoms with Gasteiger partial charge in [-0.3, -0.25) is 19.5 Å². The average molecular weight is 435 g/mol. The summed E-state index contributed by atoms with van der Waals surface area (Å²) < 4.78 is 8.99. The summed E-state index contributed by atoms with van der Waals surface area (Å²) in [7, 11) is 0. The number of anilines is 4. The Morgan fingerprint density at radius 2 is 1.88 bits per heavy atom. The number of aromatic nitrogens is 6. The van der Waals surface area contributed by atoms with E-state index in [1.165, 1.54) is 0 Å². The molecule has 0 fully saturated rings. The minimum atomic E-state index is -0.534. The Balaban J connectivity index is 1.47. The molecule has 12 nitrogen and oxygen atoms in total. The van der Waals surface area contributed by atoms with E-state index in [0.29, 0.717) is 36.8 Å². The highest BCUT2D eigenvalue weighted by Gasteiger charge is 2.18. The zero-order valence-corrected chi connectivity index (χ0v) is 17.3. The van der Waals surface area contributed by atoms with Crippen molar-refractivity contribution in [3.8, 4) is 5.75 Å². The Labute approximate surface area is 183 Å². The van der Waals surface area contributed by atoms with E-state index in [1.807, 2.05) is 23.9 Å². The molecule has 2 N–H and O–H groups in total. The van der Waals surface area contributed by atoms with Crippen molar-refractivity contribution >= 4 is 28.8 Å². The number of benzene rings is 1. The second-order valence-corrected chi connectivity index (χ2v) is 6.65. The summed E-state index contributed by atoms with van der Waals surface area (Å²) in [4.78, 5) is 19.2. The van der Waals surface area contributed by atoms with Crippen LogP contribution in [-0.4, -0.2) is 41.1 Å². The summed E-state index contributed by atoms with van der Waals surface area (Å²) in [5.41, 5.74) is 1.05. The van der Waals surface area contributed by atoms with E-state index in [2.05, 4.69) is 30.8 Å². The molecule has 0 unspecified atom stereocenters. The lowest BCUT2D eigenvalue weighted by atomic mass is 10.3. The number of ether oxygens (including phenoxy) is 1. The second kappa shape index (κ2) is 9.55. The maximum absolute atomic E-state index is 11.4. The lowest BCUT2D eigenvalue weighted by molar-refractivity contribution is -0.384. The molecule has 3 aromatic heterocycles. The molecule has 4 rings (SSSR count). The number of nitrogens with one attached hydrogen (secondary N) is 2. The predicted molar refractivity (Wildman–Crippen MR) is 117 cm³/mol. The topological polar surface area (TPSA) is 138 Å². The van der Waals surface area contributed by atoms with Crippen LogP contribution in [0.4, 0.5) is 28.8 Å². The van der Waals surface area contributed by atoms with Gasteiger partial charge in [-0.05, 0) is 37.3 Å². The van der Waals surface area contributed by atoms with Crippen molar-refractivity contribution in [2.24, 2.45) is 0 Å². The predicted octanol–water partition coefficient (Wildman–Crippen LogP) is 3.36. The first-order valence-electron chi connectivity index (χ1n) is 9.89. The van der Waals surface area contributed by atoms with Crippen molar-refractivity contribution < 1.29 is 9.66 Å². The zero-order chi connectivity index (χ0) is 22.3. The van der Waals surface area contributed by atoms with E-state index in [-0.39, 0.29) is 17.5 Å². The molecule has 0 saturated carbocycles. The fraction of sp³-hybridized carbons (Fsp3) is 0.200. The Kier molecular flexibility index (Phi) is 6.20. The molecule has 32 heavy (non-hydrogen) atoms. The fourth-order valence-electron chi connectivity index (χ4n) is 2.92. The Hall–Kier alpha value is -4.48. The molecule has 0 spiro atoms. The minimum Gasteiger partial charge on any atom is -0.494 e. The van der Waals surface area contributed by atoms with E-state index >= 15 is 0 Å². The third-order valence-corrected chi connectivity index (χ3v) is 4.40. The molecular formula is C20H21N9O3. The van der Waals surface area contributed by atoms with Gasteiger partial charge < -0.3 is 15.4 Å². The van der Waals surface area contributed by atoms with Gasteiger partial charge in [-0.25, -0.2) is 4.98 Å². The lowest BCUT2D eigenvalue weighted by Gasteiger charge is -2.09. The third kappa shape index (κ3) is 5.16. The van der Waals surface area contributed by atoms with Gasteiger partial charge in [-0.2, -0.15) is 15.2 Å². The van der Waals surface area contributed by atoms with Gasteiger partial charge in [-0.1, -0.05) is 0 Å². The highest BCUT2D eigenvalue weighted by atomic mass is 16.6.